The molecule has 0 spiro atoms. The van der Waals surface area contributed by atoms with E-state index < -0.39 is 0 Å². The standard InChI is InChI=1S/C9H14N2/c1-7-6-9(11(2)10-7)8-4-3-5-8/h6,8H,3-5H2,1-2H3. The first-order valence-electron chi connectivity index (χ1n) is 4.28. The first-order chi connectivity index (χ1) is 5.27. The number of hydrogen-bond acceptors (Lipinski definition) is 1. The summed E-state index contributed by atoms with van der Waals surface area (Å²) < 4.78 is 2.03. The maximum absolute atomic E-state index is 4.33. The Morgan fingerprint density at radius 1 is 1.55 bits per heavy atom. The number of aryl methyl sites for hydroxylation is 2. The summed E-state index contributed by atoms with van der Waals surface area (Å²) in [5.41, 5.74) is 2.57. The van der Waals surface area contributed by atoms with E-state index in [0.717, 1.165) is 11.6 Å². The minimum Gasteiger partial charge on any atom is -0.272 e. The lowest BCUT2D eigenvalue weighted by atomic mass is 9.83. The molecule has 1 aliphatic carbocycles. The van der Waals surface area contributed by atoms with Crippen LogP contribution >= 0.6 is 0 Å². The Hall–Kier alpha value is -0.790. The summed E-state index contributed by atoms with van der Waals surface area (Å²) in [6.45, 7) is 2.06. The first-order valence-corrected chi connectivity index (χ1v) is 4.28. The fourth-order valence-corrected chi connectivity index (χ4v) is 1.72. The molecule has 2 nitrogen and oxygen atoms in total. The molecule has 1 heterocycles. The second-order valence-electron chi connectivity index (χ2n) is 3.46. The summed E-state index contributed by atoms with van der Waals surface area (Å²) in [6, 6.07) is 2.21. The zero-order chi connectivity index (χ0) is 7.84. The van der Waals surface area contributed by atoms with Gasteiger partial charge in [0, 0.05) is 18.7 Å². The number of hydrogen-bond donors (Lipinski definition) is 0. The van der Waals surface area contributed by atoms with E-state index in [0.29, 0.717) is 0 Å². The molecule has 60 valence electrons. The molecule has 2 heteroatoms. The lowest BCUT2D eigenvalue weighted by Crippen LogP contribution is -2.12. The van der Waals surface area contributed by atoms with E-state index >= 15 is 0 Å². The summed E-state index contributed by atoms with van der Waals surface area (Å²) in [4.78, 5) is 0. The van der Waals surface area contributed by atoms with Gasteiger partial charge in [-0.05, 0) is 25.8 Å². The molecule has 0 radical (unpaired) electrons. The summed E-state index contributed by atoms with van der Waals surface area (Å²) >= 11 is 0. The molecule has 1 fully saturated rings. The van der Waals surface area contributed by atoms with Crippen LogP contribution in [0.2, 0.25) is 0 Å². The molecule has 0 saturated heterocycles. The van der Waals surface area contributed by atoms with Gasteiger partial charge < -0.3 is 0 Å². The highest BCUT2D eigenvalue weighted by atomic mass is 15.3. The van der Waals surface area contributed by atoms with E-state index in [-0.39, 0.29) is 0 Å². The van der Waals surface area contributed by atoms with Crippen molar-refractivity contribution in [2.75, 3.05) is 0 Å². The zero-order valence-electron chi connectivity index (χ0n) is 7.17. The topological polar surface area (TPSA) is 17.8 Å². The normalized spacial score (nSPS) is 18.4. The number of aromatic nitrogens is 2. The van der Waals surface area contributed by atoms with E-state index in [9.17, 15) is 0 Å². The van der Waals surface area contributed by atoms with Crippen LogP contribution in [0, 0.1) is 6.92 Å². The predicted molar refractivity (Wildman–Crippen MR) is 44.5 cm³/mol. The SMILES string of the molecule is Cc1cc(C2CCC2)n(C)n1. The van der Waals surface area contributed by atoms with E-state index in [1.807, 2.05) is 11.7 Å². The summed E-state index contributed by atoms with van der Waals surface area (Å²) in [7, 11) is 2.04. The third kappa shape index (κ3) is 1.06. The predicted octanol–water partition coefficient (Wildman–Crippen LogP) is 2.00. The van der Waals surface area contributed by atoms with Crippen molar-refractivity contribution in [2.45, 2.75) is 32.1 Å². The van der Waals surface area contributed by atoms with Crippen LogP contribution in [0.3, 0.4) is 0 Å². The Morgan fingerprint density at radius 2 is 2.27 bits per heavy atom. The Bertz CT molecular complexity index is 259. The fraction of sp³-hybridized carbons (Fsp3) is 0.667. The van der Waals surface area contributed by atoms with E-state index in [2.05, 4.69) is 18.1 Å². The Kier molecular flexibility index (Phi) is 1.48. The second-order valence-corrected chi connectivity index (χ2v) is 3.46. The van der Waals surface area contributed by atoms with Gasteiger partial charge >= 0.3 is 0 Å². The van der Waals surface area contributed by atoms with Crippen molar-refractivity contribution in [1.29, 1.82) is 0 Å². The summed E-state index contributed by atoms with van der Waals surface area (Å²) in [5, 5.41) is 4.33. The molecule has 0 bridgehead atoms. The lowest BCUT2D eigenvalue weighted by Gasteiger charge is -2.25. The summed E-state index contributed by atoms with van der Waals surface area (Å²) in [5.74, 6) is 0.807. The smallest absolute Gasteiger partial charge is 0.0596 e. The second kappa shape index (κ2) is 2.36. The van der Waals surface area contributed by atoms with Gasteiger partial charge in [0.05, 0.1) is 5.69 Å². The van der Waals surface area contributed by atoms with Crippen LogP contribution in [-0.2, 0) is 7.05 Å². The van der Waals surface area contributed by atoms with Crippen LogP contribution in [-0.4, -0.2) is 9.78 Å². The molecule has 11 heavy (non-hydrogen) atoms. The Balaban J connectivity index is 2.28. The van der Waals surface area contributed by atoms with Crippen molar-refractivity contribution in [2.24, 2.45) is 7.05 Å². The van der Waals surface area contributed by atoms with Gasteiger partial charge in [-0.2, -0.15) is 5.10 Å². The first kappa shape index (κ1) is 6.89. The average Bonchev–Trinajstić information content (AvgIpc) is 2.07. The van der Waals surface area contributed by atoms with Crippen LogP contribution in [0.25, 0.3) is 0 Å². The van der Waals surface area contributed by atoms with E-state index in [1.165, 1.54) is 25.0 Å². The molecule has 0 atom stereocenters. The molecule has 0 amide bonds. The molecule has 1 aromatic heterocycles. The largest absolute Gasteiger partial charge is 0.272 e. The lowest BCUT2D eigenvalue weighted by molar-refractivity contribution is 0.397. The minimum absolute atomic E-state index is 0.807. The van der Waals surface area contributed by atoms with Gasteiger partial charge in [-0.1, -0.05) is 6.42 Å². The molecule has 0 aromatic carbocycles. The van der Waals surface area contributed by atoms with Crippen molar-refractivity contribution in [1.82, 2.24) is 9.78 Å². The maximum Gasteiger partial charge on any atom is 0.0596 e. The molecule has 0 N–H and O–H groups in total. The third-order valence-corrected chi connectivity index (χ3v) is 2.56. The molecule has 0 unspecified atom stereocenters. The van der Waals surface area contributed by atoms with Crippen LogP contribution in [0.1, 0.15) is 36.6 Å². The van der Waals surface area contributed by atoms with Crippen LogP contribution < -0.4 is 0 Å². The van der Waals surface area contributed by atoms with Gasteiger partial charge in [-0.15, -0.1) is 0 Å². The molecule has 1 aromatic rings. The molecule has 2 rings (SSSR count). The summed E-state index contributed by atoms with van der Waals surface area (Å²) in [6.07, 6.45) is 4.12. The van der Waals surface area contributed by atoms with Crippen molar-refractivity contribution < 1.29 is 0 Å². The molecule has 1 saturated carbocycles. The highest BCUT2D eigenvalue weighted by molar-refractivity contribution is 5.15. The van der Waals surface area contributed by atoms with Gasteiger partial charge in [0.15, 0.2) is 0 Å². The van der Waals surface area contributed by atoms with Crippen LogP contribution in [0.5, 0.6) is 0 Å². The quantitative estimate of drug-likeness (QED) is 0.598. The minimum atomic E-state index is 0.807. The van der Waals surface area contributed by atoms with Gasteiger partial charge in [0.25, 0.3) is 0 Å². The van der Waals surface area contributed by atoms with Gasteiger partial charge in [0.1, 0.15) is 0 Å². The van der Waals surface area contributed by atoms with Crippen molar-refractivity contribution >= 4 is 0 Å². The maximum atomic E-state index is 4.33. The molecule has 1 aliphatic rings. The number of rotatable bonds is 1. The average molecular weight is 150 g/mol. The zero-order valence-corrected chi connectivity index (χ0v) is 7.17. The van der Waals surface area contributed by atoms with E-state index in [4.69, 9.17) is 0 Å². The van der Waals surface area contributed by atoms with E-state index in [1.54, 1.807) is 0 Å². The monoisotopic (exact) mass is 150 g/mol. The van der Waals surface area contributed by atoms with Gasteiger partial charge in [0.2, 0.25) is 0 Å². The number of nitrogens with zero attached hydrogens (tertiary/aromatic N) is 2. The van der Waals surface area contributed by atoms with Crippen LogP contribution in [0.4, 0.5) is 0 Å². The van der Waals surface area contributed by atoms with Crippen LogP contribution in [0.15, 0.2) is 6.07 Å². The van der Waals surface area contributed by atoms with Gasteiger partial charge in [-0.3, -0.25) is 4.68 Å². The fourth-order valence-electron chi connectivity index (χ4n) is 1.72. The highest BCUT2D eigenvalue weighted by Gasteiger charge is 2.22. The van der Waals surface area contributed by atoms with Gasteiger partial charge in [-0.25, -0.2) is 0 Å². The van der Waals surface area contributed by atoms with Crippen molar-refractivity contribution in [3.8, 4) is 0 Å². The highest BCUT2D eigenvalue weighted by Crippen LogP contribution is 2.36. The molecule has 0 aliphatic heterocycles. The Morgan fingerprint density at radius 3 is 2.64 bits per heavy atom. The van der Waals surface area contributed by atoms with Crippen molar-refractivity contribution in [3.05, 3.63) is 17.5 Å². The molecular weight excluding hydrogens is 136 g/mol. The molecular formula is C9H14N2. The Labute approximate surface area is 67.2 Å². The third-order valence-electron chi connectivity index (χ3n) is 2.56. The van der Waals surface area contributed by atoms with Crippen molar-refractivity contribution in [3.63, 3.8) is 0 Å².